The Hall–Kier alpha value is -6.36. The van der Waals surface area contributed by atoms with Crippen molar-refractivity contribution in [3.63, 3.8) is 0 Å². The maximum atomic E-state index is 12.7. The van der Waals surface area contributed by atoms with Crippen molar-refractivity contribution in [2.45, 2.75) is 361 Å². The van der Waals surface area contributed by atoms with Crippen LogP contribution in [0.1, 0.15) is 325 Å². The Bertz CT molecular complexity index is 5170. The normalized spacial score (nSPS) is 49.2. The van der Waals surface area contributed by atoms with Crippen LogP contribution in [0.4, 0.5) is 0 Å². The third kappa shape index (κ3) is 15.5. The van der Waals surface area contributed by atoms with E-state index in [1.807, 2.05) is 104 Å². The lowest BCUT2D eigenvalue weighted by atomic mass is 9.58. The number of ether oxygens (including phenoxy) is 12. The molecular formula is C121H174O24. The molecule has 28 fully saturated rings. The Balaban J connectivity index is 0.0000000963. The van der Waals surface area contributed by atoms with Crippen molar-refractivity contribution in [3.05, 3.63) is 0 Å². The molecule has 22 bridgehead atoms. The largest absolute Gasteiger partial charge is 0.465 e. The topological polar surface area (TPSA) is 316 Å². The van der Waals surface area contributed by atoms with Crippen LogP contribution in [0.15, 0.2) is 0 Å². The Morgan fingerprint density at radius 3 is 0.993 bits per heavy atom. The van der Waals surface area contributed by atoms with Gasteiger partial charge in [-0.15, -0.1) is 0 Å². The monoisotopic (exact) mass is 2010 g/mol. The van der Waals surface area contributed by atoms with Crippen LogP contribution in [0.25, 0.3) is 0 Å². The highest BCUT2D eigenvalue weighted by atomic mass is 16.6. The number of rotatable bonds is 18. The Morgan fingerprint density at radius 1 is 0.283 bits per heavy atom. The van der Waals surface area contributed by atoms with Crippen LogP contribution in [0.3, 0.4) is 0 Å². The van der Waals surface area contributed by atoms with Gasteiger partial charge in [0.25, 0.3) is 0 Å². The summed E-state index contributed by atoms with van der Waals surface area (Å²) in [5.41, 5.74) is -2.37. The predicted octanol–water partition coefficient (Wildman–Crippen LogP) is 20.0. The Kier molecular flexibility index (Phi) is 25.0. The zero-order chi connectivity index (χ0) is 103. The summed E-state index contributed by atoms with van der Waals surface area (Å²) in [6, 6.07) is 0. The molecule has 48 atom stereocenters. The van der Waals surface area contributed by atoms with Gasteiger partial charge in [0, 0.05) is 34.0 Å². The van der Waals surface area contributed by atoms with E-state index in [1.165, 1.54) is 77.0 Å². The smallest absolute Gasteiger partial charge is 0.312 e. The highest BCUT2D eigenvalue weighted by Crippen LogP contribution is 2.80. The average Bonchev–Trinajstić information content (AvgIpc) is 1.54. The maximum Gasteiger partial charge on any atom is 0.312 e. The number of cyclic esters (lactones) is 6. The zero-order valence-corrected chi connectivity index (χ0v) is 91.0. The predicted molar refractivity (Wildman–Crippen MR) is 529 cm³/mol. The van der Waals surface area contributed by atoms with E-state index in [4.69, 9.17) is 56.8 Å². The molecule has 6 saturated heterocycles. The average molecular weight is 2010 g/mol. The van der Waals surface area contributed by atoms with E-state index >= 15 is 0 Å². The lowest BCUT2D eigenvalue weighted by molar-refractivity contribution is -0.173. The second-order valence-corrected chi connectivity index (χ2v) is 58.2. The summed E-state index contributed by atoms with van der Waals surface area (Å²) in [7, 11) is 0. The van der Waals surface area contributed by atoms with Crippen LogP contribution in [-0.4, -0.2) is 148 Å². The van der Waals surface area contributed by atoms with Crippen molar-refractivity contribution in [1.82, 2.24) is 0 Å². The van der Waals surface area contributed by atoms with E-state index in [2.05, 4.69) is 34.6 Å². The molecule has 0 N–H and O–H groups in total. The summed E-state index contributed by atoms with van der Waals surface area (Å²) >= 11 is 0. The van der Waals surface area contributed by atoms with E-state index in [0.717, 1.165) is 143 Å². The number of fused-ring (bicyclic) bond motifs is 57. The number of esters is 12. The molecular weight excluding hydrogens is 1840 g/mol. The molecule has 6 aliphatic heterocycles. The number of carbonyl (C=O) groups is 12. The third-order valence-electron chi connectivity index (χ3n) is 50.3. The minimum absolute atomic E-state index is 0.0000652. The summed E-state index contributed by atoms with van der Waals surface area (Å²) < 4.78 is 68.4. The van der Waals surface area contributed by atoms with Crippen LogP contribution >= 0.6 is 0 Å². The van der Waals surface area contributed by atoms with E-state index in [0.29, 0.717) is 213 Å². The van der Waals surface area contributed by atoms with Gasteiger partial charge in [-0.2, -0.15) is 0 Å². The molecule has 4 spiro atoms. The SMILES string of the molecule is CCC(C)(C)C(=O)OC1C(C)C2CC1C1(CCOC1=O)C2.CCC(C)(C)C(=O)OC1C(C)C2CC1C1C2C2CC1C1(COC(=O)C1)C2.CCC(C)(C)C(=O)OC1CC2CC1C1C2C2CC1C1(COC(=O)C1)C2.CCC(C)(C)C(=O)OC1CC2CC1C1C3CC(C21)C1(COC(=O)C1)C3.CCC(C)(C)C(=O)OC1CC2CC1C1C3CC(C4C(=O)OCC34)C21.CCC(C)(C)C(=O)OC1CC2CC1C1C3CC(C4COC(=O)C43)C21. The van der Waals surface area contributed by atoms with Gasteiger partial charge in [0.2, 0.25) is 0 Å². The third-order valence-corrected chi connectivity index (χ3v) is 50.3. The van der Waals surface area contributed by atoms with E-state index < -0.39 is 16.2 Å². The lowest BCUT2D eigenvalue weighted by Crippen LogP contribution is -2.48. The highest BCUT2D eigenvalue weighted by molar-refractivity contribution is 5.83. The van der Waals surface area contributed by atoms with Crippen molar-refractivity contribution in [3.8, 4) is 0 Å². The van der Waals surface area contributed by atoms with Gasteiger partial charge in [0.05, 0.1) is 109 Å². The second kappa shape index (κ2) is 35.6. The molecule has 6 heterocycles. The fourth-order valence-corrected chi connectivity index (χ4v) is 41.3. The summed E-state index contributed by atoms with van der Waals surface area (Å²) in [4.78, 5) is 147. The van der Waals surface area contributed by atoms with Crippen LogP contribution in [-0.2, 0) is 114 Å². The van der Waals surface area contributed by atoms with Crippen molar-refractivity contribution in [2.75, 3.05) is 39.6 Å². The first kappa shape index (κ1) is 102. The van der Waals surface area contributed by atoms with Gasteiger partial charge >= 0.3 is 71.6 Å². The molecule has 145 heavy (non-hydrogen) atoms. The van der Waals surface area contributed by atoms with Crippen LogP contribution in [0, 0.1) is 279 Å². The molecule has 0 radical (unpaired) electrons. The van der Waals surface area contributed by atoms with Gasteiger partial charge in [-0.25, -0.2) is 0 Å². The zero-order valence-electron chi connectivity index (χ0n) is 91.0. The van der Waals surface area contributed by atoms with E-state index in [1.54, 1.807) is 0 Å². The molecule has 22 saturated carbocycles. The van der Waals surface area contributed by atoms with Crippen molar-refractivity contribution in [1.29, 1.82) is 0 Å². The summed E-state index contributed by atoms with van der Waals surface area (Å²) in [5, 5.41) is 0. The van der Waals surface area contributed by atoms with Gasteiger partial charge in [0.1, 0.15) is 36.6 Å². The molecule has 0 aromatic rings. The Labute approximate surface area is 861 Å². The summed E-state index contributed by atoms with van der Waals surface area (Å²) in [6.07, 6.45) is 29.9. The quantitative estimate of drug-likeness (QED) is 0.0699. The van der Waals surface area contributed by atoms with Gasteiger partial charge in [-0.1, -0.05) is 55.4 Å². The van der Waals surface area contributed by atoms with Gasteiger partial charge in [0.15, 0.2) is 0 Å². The molecule has 24 heteroatoms. The standard InChI is InChI=1S/C22H32O4.2C21H30O4.2C20H28O4.C17H26O4/c1-5-21(3,4)20(24)26-19-11(2)13-7-14(19)18-15-6-12(17(13)18)8-22(15)9-16(23)25-10-22;1-4-20(2,3)19(23)25-15-7-11-5-13(15)17-12-6-14(18(11)17)21(8-12)9-16(22)24-10-21;1-4-20(2,3)19(23)25-15-7-11-5-13(15)18-14-6-12(17(11)18)8-21(14)9-16(22)24-10-21;1-4-20(2,3)19(22)24-14-6-9-5-11(14)16-10-7-12(15(9)16)17-13(10)8-23-18(17)21;1-4-20(2,3)19(22)24-14-6-9-5-11(14)16-12-7-10(15(9)16)13-8-23-18(21)17(12)13;1-5-16(3,4)14(18)21-13-10(2)11-8-12(13)17(9-11)6-7-20-15(17)19/h11-15,17-19H,5-10H2,1-4H3;2*11-15,17-18H,4-10H2,1-3H3;2*9-17H,4-8H2,1-3H3;10-13H,5-9H2,1-4H3. The van der Waals surface area contributed by atoms with Crippen molar-refractivity contribution < 1.29 is 114 Å². The molecule has 802 valence electrons. The van der Waals surface area contributed by atoms with E-state index in [9.17, 15) is 57.5 Å². The number of carbonyl (C=O) groups excluding carboxylic acids is 12. The van der Waals surface area contributed by atoms with Crippen molar-refractivity contribution in [2.24, 2.45) is 279 Å². The molecule has 0 aromatic carbocycles. The molecule has 28 rings (SSSR count). The first-order valence-corrected chi connectivity index (χ1v) is 58.9. The minimum atomic E-state index is -0.453. The maximum absolute atomic E-state index is 12.7. The summed E-state index contributed by atoms with van der Waals surface area (Å²) in [5.74, 6) is 22.4. The van der Waals surface area contributed by atoms with Gasteiger partial charge in [-0.3, -0.25) is 57.5 Å². The first-order valence-electron chi connectivity index (χ1n) is 58.9. The lowest BCUT2D eigenvalue weighted by Gasteiger charge is -2.47. The van der Waals surface area contributed by atoms with Gasteiger partial charge in [-0.05, 0) is 445 Å². The first-order chi connectivity index (χ1) is 68.6. The van der Waals surface area contributed by atoms with Crippen molar-refractivity contribution >= 4 is 71.6 Å². The molecule has 28 aliphatic rings. The fourth-order valence-electron chi connectivity index (χ4n) is 41.3. The minimum Gasteiger partial charge on any atom is -0.465 e. The van der Waals surface area contributed by atoms with Crippen LogP contribution < -0.4 is 0 Å². The second-order valence-electron chi connectivity index (χ2n) is 58.2. The summed E-state index contributed by atoms with van der Waals surface area (Å²) in [6.45, 7) is 44.2. The Morgan fingerprint density at radius 2 is 0.600 bits per heavy atom. The van der Waals surface area contributed by atoms with E-state index in [-0.39, 0.29) is 164 Å². The number of hydrogen-bond donors (Lipinski definition) is 0. The highest BCUT2D eigenvalue weighted by Gasteiger charge is 2.79. The molecule has 0 amide bonds. The molecule has 48 unspecified atom stereocenters. The van der Waals surface area contributed by atoms with Gasteiger partial charge < -0.3 is 56.8 Å². The van der Waals surface area contributed by atoms with Crippen LogP contribution in [0.2, 0.25) is 0 Å². The van der Waals surface area contributed by atoms with Crippen LogP contribution in [0.5, 0.6) is 0 Å². The molecule has 0 aromatic heterocycles. The fraction of sp³-hybridized carbons (Fsp3) is 0.901. The molecule has 22 aliphatic carbocycles. The molecule has 24 nitrogen and oxygen atoms in total. The number of hydrogen-bond acceptors (Lipinski definition) is 24.